The average molecular weight is 354 g/mol. The number of benzene rings is 3. The lowest BCUT2D eigenvalue weighted by atomic mass is 9.89. The molecule has 27 heavy (non-hydrogen) atoms. The van der Waals surface area contributed by atoms with Crippen LogP contribution in [-0.2, 0) is 4.79 Å². The highest BCUT2D eigenvalue weighted by atomic mass is 16.5. The van der Waals surface area contributed by atoms with Crippen molar-refractivity contribution in [3.05, 3.63) is 102 Å². The fourth-order valence-corrected chi connectivity index (χ4v) is 3.43. The Morgan fingerprint density at radius 3 is 2.33 bits per heavy atom. The van der Waals surface area contributed by atoms with Crippen LogP contribution >= 0.6 is 0 Å². The maximum Gasteiger partial charge on any atom is 0.255 e. The molecule has 1 heterocycles. The fraction of sp³-hybridized carbons (Fsp3) is 0.0435. The molecule has 0 bridgehead atoms. The number of aromatic nitrogens is 1. The third kappa shape index (κ3) is 3.30. The number of carbonyl (C=O) groups is 1. The zero-order valence-corrected chi connectivity index (χ0v) is 14.5. The molecule has 132 valence electrons. The predicted octanol–water partition coefficient (Wildman–Crippen LogP) is 4.54. The Bertz CT molecular complexity index is 1070. The Hall–Kier alpha value is -3.50. The van der Waals surface area contributed by atoms with Crippen molar-refractivity contribution in [1.82, 2.24) is 10.5 Å². The van der Waals surface area contributed by atoms with Gasteiger partial charge in [-0.2, -0.15) is 0 Å². The first-order valence-corrected chi connectivity index (χ1v) is 8.70. The van der Waals surface area contributed by atoms with Gasteiger partial charge in [-0.1, -0.05) is 72.8 Å². The zero-order valence-electron chi connectivity index (χ0n) is 14.5. The molecule has 4 rings (SSSR count). The summed E-state index contributed by atoms with van der Waals surface area (Å²) in [6.45, 7) is 0. The minimum atomic E-state index is -0.568. The van der Waals surface area contributed by atoms with Crippen molar-refractivity contribution in [3.63, 3.8) is 0 Å². The molecule has 1 aromatic heterocycles. The highest BCUT2D eigenvalue weighted by Gasteiger charge is 2.22. The van der Waals surface area contributed by atoms with Crippen LogP contribution in [-0.4, -0.2) is 16.1 Å². The molecular formula is C23H18N2O2. The molecule has 4 heteroatoms. The minimum absolute atomic E-state index is 0.454. The van der Waals surface area contributed by atoms with E-state index < -0.39 is 11.8 Å². The summed E-state index contributed by atoms with van der Waals surface area (Å²) in [5.74, 6) is -1.02. The van der Waals surface area contributed by atoms with Gasteiger partial charge < -0.3 is 0 Å². The molecule has 0 saturated heterocycles. The number of amides is 1. The Kier molecular flexibility index (Phi) is 4.64. The van der Waals surface area contributed by atoms with E-state index in [-0.39, 0.29) is 0 Å². The molecule has 0 aliphatic carbocycles. The number of fused-ring (bicyclic) bond motifs is 1. The van der Waals surface area contributed by atoms with Gasteiger partial charge in [-0.25, -0.2) is 5.48 Å². The topological polar surface area (TPSA) is 62.2 Å². The number of carbonyl (C=O) groups excluding carboxylic acids is 1. The molecule has 0 saturated carbocycles. The Balaban J connectivity index is 1.75. The normalized spacial score (nSPS) is 11.9. The molecule has 1 amide bonds. The van der Waals surface area contributed by atoms with Gasteiger partial charge in [0.15, 0.2) is 0 Å². The van der Waals surface area contributed by atoms with Gasteiger partial charge in [0.1, 0.15) is 0 Å². The molecule has 0 aliphatic rings. The van der Waals surface area contributed by atoms with E-state index in [1.807, 2.05) is 79.0 Å². The van der Waals surface area contributed by atoms with Gasteiger partial charge in [0.25, 0.3) is 5.91 Å². The summed E-state index contributed by atoms with van der Waals surface area (Å²) in [5.41, 5.74) is 5.61. The monoisotopic (exact) mass is 354 g/mol. The van der Waals surface area contributed by atoms with Crippen LogP contribution in [0.4, 0.5) is 0 Å². The molecule has 1 unspecified atom stereocenters. The zero-order chi connectivity index (χ0) is 18.6. The van der Waals surface area contributed by atoms with Gasteiger partial charge in [0.05, 0.1) is 5.92 Å². The van der Waals surface area contributed by atoms with Crippen molar-refractivity contribution in [2.45, 2.75) is 5.92 Å². The SMILES string of the molecule is O=C(NO)C(c1ccccc1)c1ccc(-c2cccc3cnccc23)cc1. The molecule has 0 radical (unpaired) electrons. The quantitative estimate of drug-likeness (QED) is 0.418. The summed E-state index contributed by atoms with van der Waals surface area (Å²) >= 11 is 0. The Morgan fingerprint density at radius 1 is 0.852 bits per heavy atom. The van der Waals surface area contributed by atoms with Crippen LogP contribution in [0.1, 0.15) is 17.0 Å². The highest BCUT2D eigenvalue weighted by Crippen LogP contribution is 2.31. The van der Waals surface area contributed by atoms with Crippen LogP contribution < -0.4 is 5.48 Å². The number of rotatable bonds is 4. The van der Waals surface area contributed by atoms with Gasteiger partial charge in [-0.05, 0) is 33.7 Å². The van der Waals surface area contributed by atoms with Crippen molar-refractivity contribution in [1.29, 1.82) is 0 Å². The van der Waals surface area contributed by atoms with Crippen molar-refractivity contribution in [2.24, 2.45) is 0 Å². The average Bonchev–Trinajstić information content (AvgIpc) is 2.75. The van der Waals surface area contributed by atoms with E-state index in [1.54, 1.807) is 11.7 Å². The first-order valence-electron chi connectivity index (χ1n) is 8.70. The van der Waals surface area contributed by atoms with Crippen LogP contribution in [0.15, 0.2) is 91.3 Å². The lowest BCUT2D eigenvalue weighted by Crippen LogP contribution is -2.27. The Morgan fingerprint density at radius 2 is 1.59 bits per heavy atom. The number of hydrogen-bond acceptors (Lipinski definition) is 3. The first-order chi connectivity index (χ1) is 13.3. The second kappa shape index (κ2) is 7.40. The van der Waals surface area contributed by atoms with Crippen molar-refractivity contribution < 1.29 is 10.0 Å². The summed E-state index contributed by atoms with van der Waals surface area (Å²) < 4.78 is 0. The van der Waals surface area contributed by atoms with Crippen molar-refractivity contribution in [2.75, 3.05) is 0 Å². The van der Waals surface area contributed by atoms with Crippen LogP contribution in [0, 0.1) is 0 Å². The smallest absolute Gasteiger partial charge is 0.255 e. The summed E-state index contributed by atoms with van der Waals surface area (Å²) in [5, 5.41) is 11.4. The van der Waals surface area contributed by atoms with E-state index in [0.29, 0.717) is 0 Å². The maximum atomic E-state index is 12.3. The van der Waals surface area contributed by atoms with Gasteiger partial charge in [-0.15, -0.1) is 0 Å². The van der Waals surface area contributed by atoms with E-state index in [0.717, 1.165) is 33.0 Å². The second-order valence-corrected chi connectivity index (χ2v) is 6.34. The largest absolute Gasteiger partial charge is 0.289 e. The van der Waals surface area contributed by atoms with E-state index in [1.165, 1.54) is 0 Å². The second-order valence-electron chi connectivity index (χ2n) is 6.34. The standard InChI is InChI=1S/C23H18N2O2/c26-23(25-27)22(17-5-2-1-3-6-17)18-11-9-16(10-12-18)20-8-4-7-19-15-24-14-13-21(19)20/h1-15,22,27H,(H,25,26). The maximum absolute atomic E-state index is 12.3. The molecule has 0 spiro atoms. The first kappa shape index (κ1) is 16.9. The summed E-state index contributed by atoms with van der Waals surface area (Å²) in [6.07, 6.45) is 3.64. The predicted molar refractivity (Wildman–Crippen MR) is 105 cm³/mol. The molecule has 3 aromatic carbocycles. The van der Waals surface area contributed by atoms with Crippen LogP contribution in [0.5, 0.6) is 0 Å². The number of nitrogens with zero attached hydrogens (tertiary/aromatic N) is 1. The molecule has 4 nitrogen and oxygen atoms in total. The minimum Gasteiger partial charge on any atom is -0.289 e. The molecule has 1 atom stereocenters. The van der Waals surface area contributed by atoms with Crippen molar-refractivity contribution in [3.8, 4) is 11.1 Å². The third-order valence-corrected chi connectivity index (χ3v) is 4.74. The number of hydroxylamine groups is 1. The van der Waals surface area contributed by atoms with Crippen LogP contribution in [0.3, 0.4) is 0 Å². The summed E-state index contributed by atoms with van der Waals surface area (Å²) in [4.78, 5) is 16.5. The number of nitrogens with one attached hydrogen (secondary N) is 1. The number of pyridine rings is 1. The lowest BCUT2D eigenvalue weighted by Gasteiger charge is -2.16. The van der Waals surface area contributed by atoms with Gasteiger partial charge >= 0.3 is 0 Å². The molecule has 0 aliphatic heterocycles. The van der Waals surface area contributed by atoms with Crippen molar-refractivity contribution >= 4 is 16.7 Å². The van der Waals surface area contributed by atoms with Gasteiger partial charge in [-0.3, -0.25) is 15.0 Å². The third-order valence-electron chi connectivity index (χ3n) is 4.74. The molecule has 0 fully saturated rings. The lowest BCUT2D eigenvalue weighted by molar-refractivity contribution is -0.129. The Labute approximate surface area is 157 Å². The van der Waals surface area contributed by atoms with Crippen LogP contribution in [0.25, 0.3) is 21.9 Å². The van der Waals surface area contributed by atoms with E-state index in [2.05, 4.69) is 11.1 Å². The molecule has 4 aromatic rings. The summed E-state index contributed by atoms with van der Waals surface area (Å²) in [7, 11) is 0. The van der Waals surface area contributed by atoms with E-state index in [9.17, 15) is 10.0 Å². The van der Waals surface area contributed by atoms with Gasteiger partial charge in [0.2, 0.25) is 0 Å². The molecule has 2 N–H and O–H groups in total. The number of hydrogen-bond donors (Lipinski definition) is 2. The molecular weight excluding hydrogens is 336 g/mol. The van der Waals surface area contributed by atoms with Gasteiger partial charge in [0, 0.05) is 17.8 Å². The fourth-order valence-electron chi connectivity index (χ4n) is 3.43. The summed E-state index contributed by atoms with van der Waals surface area (Å²) in [6, 6.07) is 25.4. The highest BCUT2D eigenvalue weighted by molar-refractivity contribution is 5.96. The van der Waals surface area contributed by atoms with E-state index >= 15 is 0 Å². The van der Waals surface area contributed by atoms with E-state index in [4.69, 9.17) is 0 Å². The van der Waals surface area contributed by atoms with Crippen LogP contribution in [0.2, 0.25) is 0 Å².